The first-order valence-corrected chi connectivity index (χ1v) is 11.6. The molecule has 0 aliphatic carbocycles. The average molecular weight is 572 g/mol. The molecular weight excluding hydrogens is 556 g/mol. The van der Waals surface area contributed by atoms with Crippen molar-refractivity contribution < 1.29 is 14.5 Å². The summed E-state index contributed by atoms with van der Waals surface area (Å²) in [5.41, 5.74) is 4.94. The molecule has 2 aliphatic heterocycles. The number of nitro groups is 1. The number of nitrogens with zero attached hydrogens (tertiary/aromatic N) is 3. The Morgan fingerprint density at radius 3 is 2.36 bits per heavy atom. The zero-order chi connectivity index (χ0) is 23.3. The molecule has 5 rings (SSSR count). The number of amides is 2. The minimum atomic E-state index is -0.820. The minimum absolute atomic E-state index is 0.0780. The van der Waals surface area contributed by atoms with Crippen LogP contribution in [-0.2, 0) is 9.59 Å². The summed E-state index contributed by atoms with van der Waals surface area (Å²) in [4.78, 5) is 39.3. The second kappa shape index (κ2) is 8.36. The number of hydrogen-bond acceptors (Lipinski definition) is 6. The Bertz CT molecular complexity index is 1290. The van der Waals surface area contributed by atoms with E-state index in [1.165, 1.54) is 17.0 Å². The highest BCUT2D eigenvalue weighted by Crippen LogP contribution is 2.45. The standard InChI is InChI=1S/C23H16Br2N4O4/c24-14-9-10-18(17(25)12-14)28-21-19(20(26-28)13-5-4-8-16(11-13)29(32)33)22(30)27(23(21)31)15-6-2-1-3-7-15/h1-12,19-21,26H. The molecule has 33 heavy (non-hydrogen) atoms. The zero-order valence-electron chi connectivity index (χ0n) is 16.9. The lowest BCUT2D eigenvalue weighted by Crippen LogP contribution is -2.45. The summed E-state index contributed by atoms with van der Waals surface area (Å²) in [7, 11) is 0. The average Bonchev–Trinajstić information content (AvgIpc) is 3.31. The Kier molecular flexibility index (Phi) is 5.51. The fourth-order valence-corrected chi connectivity index (χ4v) is 5.66. The summed E-state index contributed by atoms with van der Waals surface area (Å²) >= 11 is 6.98. The topological polar surface area (TPSA) is 95.8 Å². The summed E-state index contributed by atoms with van der Waals surface area (Å²) in [6.45, 7) is 0. The quantitative estimate of drug-likeness (QED) is 0.276. The third-order valence-electron chi connectivity index (χ3n) is 5.86. The van der Waals surface area contributed by atoms with Crippen molar-refractivity contribution in [2.45, 2.75) is 12.1 Å². The molecule has 3 unspecified atom stereocenters. The molecule has 3 aromatic rings. The van der Waals surface area contributed by atoms with Gasteiger partial charge in [-0.3, -0.25) is 24.7 Å². The van der Waals surface area contributed by atoms with Crippen LogP contribution >= 0.6 is 31.9 Å². The molecule has 2 aliphatic rings. The first kappa shape index (κ1) is 21.7. The molecule has 0 aromatic heterocycles. The number of hydrazine groups is 1. The number of non-ortho nitro benzene ring substituents is 1. The minimum Gasteiger partial charge on any atom is -0.293 e. The van der Waals surface area contributed by atoms with Gasteiger partial charge in [0, 0.05) is 21.1 Å². The number of benzene rings is 3. The monoisotopic (exact) mass is 570 g/mol. The summed E-state index contributed by atoms with van der Waals surface area (Å²) in [5.74, 6) is -1.47. The first-order valence-electron chi connectivity index (χ1n) is 10.0. The molecule has 1 N–H and O–H groups in total. The number of fused-ring (bicyclic) bond motifs is 1. The number of nitro benzene ring substituents is 1. The lowest BCUT2D eigenvalue weighted by molar-refractivity contribution is -0.384. The van der Waals surface area contributed by atoms with Crippen LogP contribution in [0.1, 0.15) is 11.6 Å². The van der Waals surface area contributed by atoms with E-state index in [4.69, 9.17) is 0 Å². The van der Waals surface area contributed by atoms with Gasteiger partial charge in [0.05, 0.1) is 28.3 Å². The van der Waals surface area contributed by atoms with E-state index in [-0.39, 0.29) is 17.5 Å². The van der Waals surface area contributed by atoms with Crippen LogP contribution in [0, 0.1) is 16.0 Å². The third kappa shape index (κ3) is 3.64. The number of carbonyl (C=O) groups excluding carboxylic acids is 2. The Morgan fingerprint density at radius 2 is 1.67 bits per heavy atom. The SMILES string of the molecule is O=C1C2C(c3cccc([N+](=O)[O-])c3)NN(c3ccc(Br)cc3Br)C2C(=O)N1c1ccccc1. The number of para-hydroxylation sites is 1. The van der Waals surface area contributed by atoms with Gasteiger partial charge in [-0.05, 0) is 51.8 Å². The van der Waals surface area contributed by atoms with Crippen LogP contribution in [0.5, 0.6) is 0 Å². The maximum atomic E-state index is 13.6. The molecule has 0 radical (unpaired) electrons. The Balaban J connectivity index is 1.63. The highest BCUT2D eigenvalue weighted by molar-refractivity contribution is 9.11. The van der Waals surface area contributed by atoms with E-state index in [2.05, 4.69) is 37.3 Å². The predicted octanol–water partition coefficient (Wildman–Crippen LogP) is 4.74. The fourth-order valence-electron chi connectivity index (χ4n) is 4.43. The van der Waals surface area contributed by atoms with E-state index in [1.807, 2.05) is 24.3 Å². The van der Waals surface area contributed by atoms with E-state index in [9.17, 15) is 19.7 Å². The maximum absolute atomic E-state index is 13.6. The van der Waals surface area contributed by atoms with Crippen molar-refractivity contribution in [3.8, 4) is 0 Å². The number of carbonyl (C=O) groups is 2. The molecule has 2 saturated heterocycles. The Labute approximate surface area is 205 Å². The fraction of sp³-hybridized carbons (Fsp3) is 0.130. The summed E-state index contributed by atoms with van der Waals surface area (Å²) in [6, 6.07) is 19.0. The largest absolute Gasteiger partial charge is 0.293 e. The van der Waals surface area contributed by atoms with E-state index < -0.39 is 22.9 Å². The number of nitrogens with one attached hydrogen (secondary N) is 1. The van der Waals surface area contributed by atoms with Crippen LogP contribution in [0.2, 0.25) is 0 Å². The highest BCUT2D eigenvalue weighted by Gasteiger charge is 2.59. The lowest BCUT2D eigenvalue weighted by atomic mass is 9.90. The third-order valence-corrected chi connectivity index (χ3v) is 6.99. The van der Waals surface area contributed by atoms with Gasteiger partial charge in [-0.15, -0.1) is 0 Å². The smallest absolute Gasteiger partial charge is 0.269 e. The molecule has 3 aromatic carbocycles. The van der Waals surface area contributed by atoms with Gasteiger partial charge in [-0.1, -0.05) is 46.3 Å². The molecule has 0 saturated carbocycles. The number of hydrogen-bond donors (Lipinski definition) is 1. The highest BCUT2D eigenvalue weighted by atomic mass is 79.9. The Hall–Kier alpha value is -3.08. The van der Waals surface area contributed by atoms with Gasteiger partial charge < -0.3 is 0 Å². The Morgan fingerprint density at radius 1 is 0.909 bits per heavy atom. The second-order valence-corrected chi connectivity index (χ2v) is 9.51. The summed E-state index contributed by atoms with van der Waals surface area (Å²) in [5, 5.41) is 13.0. The van der Waals surface area contributed by atoms with Gasteiger partial charge >= 0.3 is 0 Å². The first-order chi connectivity index (χ1) is 15.9. The van der Waals surface area contributed by atoms with Crippen molar-refractivity contribution in [2.75, 3.05) is 9.91 Å². The molecule has 2 heterocycles. The van der Waals surface area contributed by atoms with Crippen molar-refractivity contribution in [3.63, 3.8) is 0 Å². The van der Waals surface area contributed by atoms with Crippen molar-refractivity contribution in [1.29, 1.82) is 0 Å². The molecule has 0 bridgehead atoms. The molecular formula is C23H16Br2N4O4. The predicted molar refractivity (Wildman–Crippen MR) is 130 cm³/mol. The van der Waals surface area contributed by atoms with Gasteiger partial charge in [0.15, 0.2) is 0 Å². The summed E-state index contributed by atoms with van der Waals surface area (Å²) in [6.07, 6.45) is 0. The molecule has 10 heteroatoms. The maximum Gasteiger partial charge on any atom is 0.269 e. The van der Waals surface area contributed by atoms with Crippen molar-refractivity contribution in [3.05, 3.63) is 97.4 Å². The van der Waals surface area contributed by atoms with E-state index in [0.29, 0.717) is 16.9 Å². The molecule has 3 atom stereocenters. The van der Waals surface area contributed by atoms with Crippen LogP contribution in [0.4, 0.5) is 17.1 Å². The van der Waals surface area contributed by atoms with E-state index >= 15 is 0 Å². The number of halogens is 2. The van der Waals surface area contributed by atoms with E-state index in [1.54, 1.807) is 41.4 Å². The van der Waals surface area contributed by atoms with Crippen LogP contribution in [0.15, 0.2) is 81.7 Å². The number of anilines is 2. The number of imide groups is 1. The molecule has 2 fully saturated rings. The molecule has 166 valence electrons. The van der Waals surface area contributed by atoms with Gasteiger partial charge in [0.2, 0.25) is 5.91 Å². The number of rotatable bonds is 4. The van der Waals surface area contributed by atoms with Crippen molar-refractivity contribution in [2.24, 2.45) is 5.92 Å². The van der Waals surface area contributed by atoms with Crippen LogP contribution in [0.3, 0.4) is 0 Å². The molecule has 2 amide bonds. The lowest BCUT2D eigenvalue weighted by Gasteiger charge is -2.27. The van der Waals surface area contributed by atoms with E-state index in [0.717, 1.165) is 8.95 Å². The van der Waals surface area contributed by atoms with Crippen molar-refractivity contribution >= 4 is 60.7 Å². The summed E-state index contributed by atoms with van der Waals surface area (Å²) < 4.78 is 1.57. The van der Waals surface area contributed by atoms with Gasteiger partial charge in [0.25, 0.3) is 11.6 Å². The van der Waals surface area contributed by atoms with Crippen LogP contribution in [-0.4, -0.2) is 22.8 Å². The van der Waals surface area contributed by atoms with Crippen LogP contribution in [0.25, 0.3) is 0 Å². The van der Waals surface area contributed by atoms with Crippen LogP contribution < -0.4 is 15.3 Å². The van der Waals surface area contributed by atoms with Gasteiger partial charge in [0.1, 0.15) is 6.04 Å². The zero-order valence-corrected chi connectivity index (χ0v) is 20.1. The second-order valence-electron chi connectivity index (χ2n) is 7.74. The van der Waals surface area contributed by atoms with Gasteiger partial charge in [-0.2, -0.15) is 0 Å². The molecule has 0 spiro atoms. The molecule has 8 nitrogen and oxygen atoms in total. The normalized spacial score (nSPS) is 22.1. The van der Waals surface area contributed by atoms with Gasteiger partial charge in [-0.25, -0.2) is 10.3 Å². The van der Waals surface area contributed by atoms with Crippen molar-refractivity contribution in [1.82, 2.24) is 5.43 Å².